The third kappa shape index (κ3) is 3.43. The van der Waals surface area contributed by atoms with E-state index in [1.165, 1.54) is 6.07 Å². The SMILES string of the molecule is OCc1ccc(OCc2ccc(F)cc2F)c(Cl)c1. The monoisotopic (exact) mass is 284 g/mol. The predicted octanol–water partition coefficient (Wildman–Crippen LogP) is 3.69. The van der Waals surface area contributed by atoms with Crippen LogP contribution in [0.15, 0.2) is 36.4 Å². The van der Waals surface area contributed by atoms with Gasteiger partial charge in [-0.05, 0) is 29.8 Å². The van der Waals surface area contributed by atoms with E-state index in [-0.39, 0.29) is 18.8 Å². The summed E-state index contributed by atoms with van der Waals surface area (Å²) in [6, 6.07) is 8.10. The molecule has 2 aromatic carbocycles. The van der Waals surface area contributed by atoms with Gasteiger partial charge in [0, 0.05) is 11.6 Å². The number of rotatable bonds is 4. The van der Waals surface area contributed by atoms with Crippen LogP contribution >= 0.6 is 11.6 Å². The fourth-order valence-corrected chi connectivity index (χ4v) is 1.81. The highest BCUT2D eigenvalue weighted by atomic mass is 35.5. The quantitative estimate of drug-likeness (QED) is 0.928. The van der Waals surface area contributed by atoms with Crippen molar-refractivity contribution >= 4 is 11.6 Å². The Morgan fingerprint density at radius 2 is 1.89 bits per heavy atom. The molecule has 0 aliphatic heterocycles. The lowest BCUT2D eigenvalue weighted by atomic mass is 10.2. The molecule has 0 bridgehead atoms. The summed E-state index contributed by atoms with van der Waals surface area (Å²) in [5.74, 6) is -0.919. The first-order valence-corrected chi connectivity index (χ1v) is 5.94. The van der Waals surface area contributed by atoms with E-state index in [9.17, 15) is 8.78 Å². The van der Waals surface area contributed by atoms with Crippen molar-refractivity contribution in [2.45, 2.75) is 13.2 Å². The van der Waals surface area contributed by atoms with Crippen LogP contribution in [0.2, 0.25) is 5.02 Å². The van der Waals surface area contributed by atoms with E-state index in [4.69, 9.17) is 21.4 Å². The molecule has 100 valence electrons. The smallest absolute Gasteiger partial charge is 0.138 e. The zero-order valence-corrected chi connectivity index (χ0v) is 10.6. The third-order valence-corrected chi connectivity index (χ3v) is 2.87. The van der Waals surface area contributed by atoms with Crippen molar-refractivity contribution in [3.8, 4) is 5.75 Å². The Bertz CT molecular complexity index is 588. The molecule has 1 N–H and O–H groups in total. The average Bonchev–Trinajstić information content (AvgIpc) is 2.39. The van der Waals surface area contributed by atoms with Crippen LogP contribution in [0.3, 0.4) is 0 Å². The lowest BCUT2D eigenvalue weighted by Crippen LogP contribution is -1.99. The molecule has 2 rings (SSSR count). The van der Waals surface area contributed by atoms with Crippen LogP contribution in [0.5, 0.6) is 5.75 Å². The van der Waals surface area contributed by atoms with Crippen molar-refractivity contribution in [3.05, 3.63) is 64.2 Å². The highest BCUT2D eigenvalue weighted by Crippen LogP contribution is 2.26. The minimum Gasteiger partial charge on any atom is -0.487 e. The second kappa shape index (κ2) is 5.99. The van der Waals surface area contributed by atoms with Gasteiger partial charge in [0.25, 0.3) is 0 Å². The number of ether oxygens (including phenoxy) is 1. The second-order valence-electron chi connectivity index (χ2n) is 3.95. The molecule has 5 heteroatoms. The molecule has 0 fully saturated rings. The lowest BCUT2D eigenvalue weighted by Gasteiger charge is -2.09. The molecule has 0 saturated heterocycles. The van der Waals surface area contributed by atoms with Crippen molar-refractivity contribution in [1.82, 2.24) is 0 Å². The molecule has 2 nitrogen and oxygen atoms in total. The molecule has 0 atom stereocenters. The van der Waals surface area contributed by atoms with Crippen LogP contribution in [0.4, 0.5) is 8.78 Å². The molecule has 0 aliphatic rings. The zero-order chi connectivity index (χ0) is 13.8. The molecular formula is C14H11ClF2O2. The standard InChI is InChI=1S/C14H11ClF2O2/c15-12-5-9(7-18)1-4-14(12)19-8-10-2-3-11(16)6-13(10)17/h1-6,18H,7-8H2. The fourth-order valence-electron chi connectivity index (χ4n) is 1.55. The van der Waals surface area contributed by atoms with E-state index in [1.54, 1.807) is 18.2 Å². The van der Waals surface area contributed by atoms with Gasteiger partial charge >= 0.3 is 0 Å². The van der Waals surface area contributed by atoms with Gasteiger partial charge in [-0.25, -0.2) is 8.78 Å². The van der Waals surface area contributed by atoms with Gasteiger partial charge in [-0.15, -0.1) is 0 Å². The Morgan fingerprint density at radius 3 is 2.53 bits per heavy atom. The Kier molecular flexibility index (Phi) is 4.35. The Labute approximate surface area is 114 Å². The zero-order valence-electron chi connectivity index (χ0n) is 9.87. The molecule has 0 spiro atoms. The summed E-state index contributed by atoms with van der Waals surface area (Å²) in [5, 5.41) is 9.27. The van der Waals surface area contributed by atoms with Gasteiger partial charge in [-0.3, -0.25) is 0 Å². The van der Waals surface area contributed by atoms with Crippen LogP contribution in [-0.2, 0) is 13.2 Å². The molecule has 0 unspecified atom stereocenters. The van der Waals surface area contributed by atoms with Crippen LogP contribution in [0.1, 0.15) is 11.1 Å². The number of benzene rings is 2. The molecular weight excluding hydrogens is 274 g/mol. The van der Waals surface area contributed by atoms with Gasteiger partial charge in [-0.2, -0.15) is 0 Å². The largest absolute Gasteiger partial charge is 0.487 e. The van der Waals surface area contributed by atoms with Crippen LogP contribution in [0, 0.1) is 11.6 Å². The van der Waals surface area contributed by atoms with E-state index in [0.717, 1.165) is 12.1 Å². The van der Waals surface area contributed by atoms with Crippen molar-refractivity contribution in [2.24, 2.45) is 0 Å². The van der Waals surface area contributed by atoms with E-state index >= 15 is 0 Å². The summed E-state index contributed by atoms with van der Waals surface area (Å²) in [7, 11) is 0. The molecule has 2 aromatic rings. The minimum atomic E-state index is -0.664. The number of aliphatic hydroxyl groups excluding tert-OH is 1. The Morgan fingerprint density at radius 1 is 1.11 bits per heavy atom. The fraction of sp³-hybridized carbons (Fsp3) is 0.143. The molecule has 0 aliphatic carbocycles. The molecule has 0 aromatic heterocycles. The number of hydrogen-bond donors (Lipinski definition) is 1. The molecule has 0 amide bonds. The maximum Gasteiger partial charge on any atom is 0.138 e. The highest BCUT2D eigenvalue weighted by Gasteiger charge is 2.07. The van der Waals surface area contributed by atoms with Gasteiger partial charge in [0.05, 0.1) is 11.6 Å². The van der Waals surface area contributed by atoms with E-state index < -0.39 is 11.6 Å². The Hall–Kier alpha value is -1.65. The van der Waals surface area contributed by atoms with Crippen molar-refractivity contribution in [1.29, 1.82) is 0 Å². The number of aliphatic hydroxyl groups is 1. The van der Waals surface area contributed by atoms with Gasteiger partial charge < -0.3 is 9.84 Å². The van der Waals surface area contributed by atoms with Gasteiger partial charge in [0.15, 0.2) is 0 Å². The number of hydrogen-bond acceptors (Lipinski definition) is 2. The summed E-state index contributed by atoms with van der Waals surface area (Å²) in [5.41, 5.74) is 0.897. The topological polar surface area (TPSA) is 29.5 Å². The van der Waals surface area contributed by atoms with Crippen molar-refractivity contribution in [3.63, 3.8) is 0 Å². The first-order valence-electron chi connectivity index (χ1n) is 5.56. The van der Waals surface area contributed by atoms with Gasteiger partial charge in [-0.1, -0.05) is 17.7 Å². The summed E-state index contributed by atoms with van der Waals surface area (Å²) < 4.78 is 31.5. The van der Waals surface area contributed by atoms with Gasteiger partial charge in [0.1, 0.15) is 24.0 Å². The van der Waals surface area contributed by atoms with Crippen molar-refractivity contribution in [2.75, 3.05) is 0 Å². The predicted molar refractivity (Wildman–Crippen MR) is 68.1 cm³/mol. The average molecular weight is 285 g/mol. The van der Waals surface area contributed by atoms with Crippen molar-refractivity contribution < 1.29 is 18.6 Å². The summed E-state index contributed by atoms with van der Waals surface area (Å²) in [6.07, 6.45) is 0. The lowest BCUT2D eigenvalue weighted by molar-refractivity contribution is 0.280. The minimum absolute atomic E-state index is 0.0513. The summed E-state index contributed by atoms with van der Waals surface area (Å²) in [6.45, 7) is -0.170. The van der Waals surface area contributed by atoms with Crippen LogP contribution < -0.4 is 4.74 Å². The van der Waals surface area contributed by atoms with Gasteiger partial charge in [0.2, 0.25) is 0 Å². The maximum atomic E-state index is 13.4. The first-order chi connectivity index (χ1) is 9.10. The summed E-state index contributed by atoms with van der Waals surface area (Å²) in [4.78, 5) is 0. The maximum absolute atomic E-state index is 13.4. The van der Waals surface area contributed by atoms with E-state index in [1.807, 2.05) is 0 Å². The molecule has 19 heavy (non-hydrogen) atoms. The van der Waals surface area contributed by atoms with Crippen LogP contribution in [0.25, 0.3) is 0 Å². The molecule has 0 heterocycles. The van der Waals surface area contributed by atoms with E-state index in [2.05, 4.69) is 0 Å². The third-order valence-electron chi connectivity index (χ3n) is 2.58. The first kappa shape index (κ1) is 13.8. The van der Waals surface area contributed by atoms with E-state index in [0.29, 0.717) is 16.3 Å². The second-order valence-corrected chi connectivity index (χ2v) is 4.35. The normalized spacial score (nSPS) is 10.5. The van der Waals surface area contributed by atoms with Crippen LogP contribution in [-0.4, -0.2) is 5.11 Å². The molecule has 0 saturated carbocycles. The Balaban J connectivity index is 2.10. The molecule has 0 radical (unpaired) electrons. The highest BCUT2D eigenvalue weighted by molar-refractivity contribution is 6.32. The summed E-state index contributed by atoms with van der Waals surface area (Å²) >= 11 is 5.95. The number of halogens is 3.